The standard InChI is InChI=1S/C20H13Cl3O3S/c21-16-6-9-18(19(22)11-16)14-4-7-17(8-5-14)27(25,26)12-13-2-1-3-15(10-13)20(23)24/h1-11H,12H2. The third kappa shape index (κ3) is 4.71. The molecule has 0 spiro atoms. The third-order valence-electron chi connectivity index (χ3n) is 3.97. The minimum Gasteiger partial charge on any atom is -0.276 e. The Morgan fingerprint density at radius 1 is 0.889 bits per heavy atom. The van der Waals surface area contributed by atoms with E-state index in [1.165, 1.54) is 24.3 Å². The van der Waals surface area contributed by atoms with Crippen molar-refractivity contribution in [2.45, 2.75) is 10.6 Å². The highest BCUT2D eigenvalue weighted by molar-refractivity contribution is 7.90. The Hall–Kier alpha value is -1.85. The van der Waals surface area contributed by atoms with Gasteiger partial charge in [0.2, 0.25) is 0 Å². The van der Waals surface area contributed by atoms with Gasteiger partial charge in [-0.15, -0.1) is 0 Å². The summed E-state index contributed by atoms with van der Waals surface area (Å²) in [6.45, 7) is 0. The summed E-state index contributed by atoms with van der Waals surface area (Å²) in [6, 6.07) is 17.9. The van der Waals surface area contributed by atoms with E-state index in [0.717, 1.165) is 11.1 Å². The van der Waals surface area contributed by atoms with Crippen molar-refractivity contribution < 1.29 is 13.2 Å². The van der Waals surface area contributed by atoms with Gasteiger partial charge < -0.3 is 0 Å². The number of carbonyl (C=O) groups excluding carboxylic acids is 1. The van der Waals surface area contributed by atoms with Crippen molar-refractivity contribution in [3.8, 4) is 11.1 Å². The molecular weight excluding hydrogens is 427 g/mol. The lowest BCUT2D eigenvalue weighted by atomic mass is 10.1. The van der Waals surface area contributed by atoms with Gasteiger partial charge >= 0.3 is 0 Å². The van der Waals surface area contributed by atoms with Crippen molar-refractivity contribution >= 4 is 49.9 Å². The second-order valence-electron chi connectivity index (χ2n) is 5.88. The van der Waals surface area contributed by atoms with Gasteiger partial charge in [0, 0.05) is 21.2 Å². The predicted molar refractivity (Wildman–Crippen MR) is 109 cm³/mol. The first-order valence-corrected chi connectivity index (χ1v) is 10.6. The van der Waals surface area contributed by atoms with Crippen molar-refractivity contribution in [3.05, 3.63) is 87.9 Å². The SMILES string of the molecule is O=C(Cl)c1cccc(CS(=O)(=O)c2ccc(-c3ccc(Cl)cc3Cl)cc2)c1. The van der Waals surface area contributed by atoms with Crippen molar-refractivity contribution in [1.29, 1.82) is 0 Å². The quantitative estimate of drug-likeness (QED) is 0.457. The van der Waals surface area contributed by atoms with Gasteiger partial charge in [0.25, 0.3) is 5.24 Å². The summed E-state index contributed by atoms with van der Waals surface area (Å²) in [5.41, 5.74) is 2.30. The molecule has 0 N–H and O–H groups in total. The van der Waals surface area contributed by atoms with Crippen LogP contribution in [0.4, 0.5) is 0 Å². The molecule has 0 aromatic heterocycles. The number of sulfone groups is 1. The molecule has 0 fully saturated rings. The van der Waals surface area contributed by atoms with Crippen LogP contribution in [0.2, 0.25) is 10.0 Å². The number of carbonyl (C=O) groups is 1. The minimum absolute atomic E-state index is 0.180. The molecule has 138 valence electrons. The van der Waals surface area contributed by atoms with Gasteiger partial charge in [0.15, 0.2) is 9.84 Å². The summed E-state index contributed by atoms with van der Waals surface area (Å²) >= 11 is 17.6. The highest BCUT2D eigenvalue weighted by Crippen LogP contribution is 2.31. The fourth-order valence-electron chi connectivity index (χ4n) is 2.65. The minimum atomic E-state index is -3.58. The monoisotopic (exact) mass is 438 g/mol. The molecule has 3 aromatic rings. The zero-order valence-corrected chi connectivity index (χ0v) is 16.9. The van der Waals surface area contributed by atoms with Crippen molar-refractivity contribution in [2.75, 3.05) is 0 Å². The van der Waals surface area contributed by atoms with E-state index in [1.54, 1.807) is 42.5 Å². The van der Waals surface area contributed by atoms with E-state index < -0.39 is 15.1 Å². The van der Waals surface area contributed by atoms with E-state index in [9.17, 15) is 13.2 Å². The van der Waals surface area contributed by atoms with Crippen LogP contribution in [0.15, 0.2) is 71.6 Å². The molecule has 27 heavy (non-hydrogen) atoms. The Bertz CT molecular complexity index is 1110. The number of hydrogen-bond acceptors (Lipinski definition) is 3. The fourth-order valence-corrected chi connectivity index (χ4v) is 4.62. The first-order valence-electron chi connectivity index (χ1n) is 7.83. The van der Waals surface area contributed by atoms with Crippen LogP contribution in [0, 0.1) is 0 Å². The van der Waals surface area contributed by atoms with Crippen LogP contribution in [0.25, 0.3) is 11.1 Å². The topological polar surface area (TPSA) is 51.2 Å². The smallest absolute Gasteiger partial charge is 0.252 e. The first-order chi connectivity index (χ1) is 12.8. The summed E-state index contributed by atoms with van der Waals surface area (Å²) in [6.07, 6.45) is 0. The summed E-state index contributed by atoms with van der Waals surface area (Å²) in [5.74, 6) is -0.230. The predicted octanol–water partition coefficient (Wildman–Crippen LogP) is 6.01. The van der Waals surface area contributed by atoms with E-state index in [-0.39, 0.29) is 16.2 Å². The molecule has 0 aliphatic rings. The van der Waals surface area contributed by atoms with Crippen molar-refractivity contribution in [2.24, 2.45) is 0 Å². The zero-order valence-electron chi connectivity index (χ0n) is 13.8. The molecule has 0 aliphatic heterocycles. The molecule has 0 radical (unpaired) electrons. The Morgan fingerprint density at radius 2 is 1.59 bits per heavy atom. The largest absolute Gasteiger partial charge is 0.276 e. The molecule has 3 nitrogen and oxygen atoms in total. The number of hydrogen-bond donors (Lipinski definition) is 0. The zero-order chi connectivity index (χ0) is 19.6. The summed E-state index contributed by atoms with van der Waals surface area (Å²) in [7, 11) is -3.58. The summed E-state index contributed by atoms with van der Waals surface area (Å²) in [4.78, 5) is 11.4. The molecule has 0 bridgehead atoms. The third-order valence-corrected chi connectivity index (χ3v) is 6.44. The molecule has 3 aromatic carbocycles. The average molecular weight is 440 g/mol. The average Bonchev–Trinajstić information content (AvgIpc) is 2.62. The van der Waals surface area contributed by atoms with Gasteiger partial charge in [-0.25, -0.2) is 8.42 Å². The van der Waals surface area contributed by atoms with E-state index in [4.69, 9.17) is 34.8 Å². The number of benzene rings is 3. The molecule has 0 unspecified atom stereocenters. The van der Waals surface area contributed by atoms with Gasteiger partial charge in [-0.3, -0.25) is 4.79 Å². The van der Waals surface area contributed by atoms with Gasteiger partial charge in [-0.1, -0.05) is 59.6 Å². The lowest BCUT2D eigenvalue weighted by molar-refractivity contribution is 0.108. The van der Waals surface area contributed by atoms with E-state index in [2.05, 4.69) is 0 Å². The molecule has 3 rings (SSSR count). The maximum atomic E-state index is 12.7. The van der Waals surface area contributed by atoms with E-state index in [1.807, 2.05) is 0 Å². The molecular formula is C20H13Cl3O3S. The Kier molecular flexibility index (Phi) is 5.92. The van der Waals surface area contributed by atoms with Crippen LogP contribution in [0.5, 0.6) is 0 Å². The molecule has 0 heterocycles. The van der Waals surface area contributed by atoms with Gasteiger partial charge in [-0.05, 0) is 53.1 Å². The van der Waals surface area contributed by atoms with Crippen molar-refractivity contribution in [3.63, 3.8) is 0 Å². The molecule has 0 aliphatic carbocycles. The van der Waals surface area contributed by atoms with Crippen LogP contribution in [0.1, 0.15) is 15.9 Å². The second-order valence-corrected chi connectivity index (χ2v) is 9.06. The lowest BCUT2D eigenvalue weighted by Gasteiger charge is -2.08. The molecule has 0 saturated heterocycles. The molecule has 0 saturated carbocycles. The van der Waals surface area contributed by atoms with Gasteiger partial charge in [-0.2, -0.15) is 0 Å². The molecule has 0 atom stereocenters. The molecule has 0 amide bonds. The summed E-state index contributed by atoms with van der Waals surface area (Å²) in [5, 5.41) is 0.389. The Morgan fingerprint density at radius 3 is 2.22 bits per heavy atom. The van der Waals surface area contributed by atoms with E-state index in [0.29, 0.717) is 15.6 Å². The first kappa shape index (κ1) is 19.9. The second kappa shape index (κ2) is 8.03. The van der Waals surface area contributed by atoms with Crippen LogP contribution in [-0.4, -0.2) is 13.7 Å². The van der Waals surface area contributed by atoms with Crippen LogP contribution in [0.3, 0.4) is 0 Å². The van der Waals surface area contributed by atoms with Gasteiger partial charge in [0.05, 0.1) is 10.6 Å². The fraction of sp³-hybridized carbons (Fsp3) is 0.0500. The number of halogens is 3. The molecule has 7 heteroatoms. The van der Waals surface area contributed by atoms with Crippen LogP contribution >= 0.6 is 34.8 Å². The van der Waals surface area contributed by atoms with Crippen LogP contribution in [-0.2, 0) is 15.6 Å². The lowest BCUT2D eigenvalue weighted by Crippen LogP contribution is -2.05. The Balaban J connectivity index is 1.87. The Labute approximate surface area is 172 Å². The normalized spacial score (nSPS) is 11.4. The van der Waals surface area contributed by atoms with Gasteiger partial charge in [0.1, 0.15) is 0 Å². The maximum absolute atomic E-state index is 12.7. The van der Waals surface area contributed by atoms with Crippen molar-refractivity contribution in [1.82, 2.24) is 0 Å². The number of rotatable bonds is 5. The highest BCUT2D eigenvalue weighted by atomic mass is 35.5. The maximum Gasteiger partial charge on any atom is 0.252 e. The highest BCUT2D eigenvalue weighted by Gasteiger charge is 2.17. The van der Waals surface area contributed by atoms with Crippen LogP contribution < -0.4 is 0 Å². The van der Waals surface area contributed by atoms with E-state index >= 15 is 0 Å². The summed E-state index contributed by atoms with van der Waals surface area (Å²) < 4.78 is 25.4.